The lowest BCUT2D eigenvalue weighted by atomic mass is 10.2. The lowest BCUT2D eigenvalue weighted by Gasteiger charge is -2.12. The summed E-state index contributed by atoms with van der Waals surface area (Å²) >= 11 is 0. The monoisotopic (exact) mass is 171 g/mol. The van der Waals surface area contributed by atoms with Crippen molar-refractivity contribution in [3.05, 3.63) is 0 Å². The zero-order chi connectivity index (χ0) is 9.14. The van der Waals surface area contributed by atoms with E-state index in [0.717, 1.165) is 0 Å². The van der Waals surface area contributed by atoms with Crippen molar-refractivity contribution >= 4 is 11.9 Å². The van der Waals surface area contributed by atoms with Crippen molar-refractivity contribution in [3.63, 3.8) is 0 Å². The Hall–Kier alpha value is -1.06. The van der Waals surface area contributed by atoms with Crippen molar-refractivity contribution < 1.29 is 14.3 Å². The van der Waals surface area contributed by atoms with E-state index < -0.39 is 6.04 Å². The quantitative estimate of drug-likeness (QED) is 0.604. The summed E-state index contributed by atoms with van der Waals surface area (Å²) in [5.74, 6) is -0.392. The minimum absolute atomic E-state index is 0.0688. The van der Waals surface area contributed by atoms with Gasteiger partial charge in [-0.25, -0.2) is 4.79 Å². The van der Waals surface area contributed by atoms with Crippen LogP contribution >= 0.6 is 0 Å². The minimum atomic E-state index is -0.417. The molecule has 0 aromatic rings. The van der Waals surface area contributed by atoms with E-state index in [9.17, 15) is 9.59 Å². The summed E-state index contributed by atoms with van der Waals surface area (Å²) in [6.07, 6.45) is 0.873. The van der Waals surface area contributed by atoms with Crippen LogP contribution in [0.1, 0.15) is 26.7 Å². The number of carbonyl (C=O) groups is 2. The highest BCUT2D eigenvalue weighted by Crippen LogP contribution is 2.08. The Kier molecular flexibility index (Phi) is 2.68. The van der Waals surface area contributed by atoms with Gasteiger partial charge in [0.1, 0.15) is 6.04 Å². The summed E-state index contributed by atoms with van der Waals surface area (Å²) in [7, 11) is 0. The van der Waals surface area contributed by atoms with Gasteiger partial charge < -0.3 is 10.1 Å². The van der Waals surface area contributed by atoms with Crippen LogP contribution in [0.3, 0.4) is 0 Å². The summed E-state index contributed by atoms with van der Waals surface area (Å²) in [6.45, 7) is 3.57. The second kappa shape index (κ2) is 3.56. The molecule has 0 aliphatic carbocycles. The Labute approximate surface area is 71.3 Å². The van der Waals surface area contributed by atoms with Gasteiger partial charge in [0.15, 0.2) is 0 Å². The summed E-state index contributed by atoms with van der Waals surface area (Å²) in [4.78, 5) is 21.9. The molecular formula is C8H13NO3. The van der Waals surface area contributed by atoms with Crippen LogP contribution in [0.2, 0.25) is 0 Å². The van der Waals surface area contributed by atoms with Gasteiger partial charge in [-0.2, -0.15) is 0 Å². The number of hydrogen-bond donors (Lipinski definition) is 1. The summed E-state index contributed by atoms with van der Waals surface area (Å²) in [6, 6.07) is -0.417. The van der Waals surface area contributed by atoms with Crippen LogP contribution in [-0.4, -0.2) is 24.0 Å². The fourth-order valence-corrected chi connectivity index (χ4v) is 1.11. The Morgan fingerprint density at radius 2 is 2.33 bits per heavy atom. The molecule has 1 aliphatic heterocycles. The molecule has 1 N–H and O–H groups in total. The van der Waals surface area contributed by atoms with E-state index >= 15 is 0 Å². The average Bonchev–Trinajstić information content (AvgIpc) is 2.34. The molecule has 0 saturated carbocycles. The van der Waals surface area contributed by atoms with E-state index in [1.54, 1.807) is 13.8 Å². The van der Waals surface area contributed by atoms with Crippen LogP contribution in [0.15, 0.2) is 0 Å². The first kappa shape index (κ1) is 9.03. The maximum Gasteiger partial charge on any atom is 0.328 e. The van der Waals surface area contributed by atoms with Crippen molar-refractivity contribution in [2.75, 3.05) is 0 Å². The summed E-state index contributed by atoms with van der Waals surface area (Å²) in [5.41, 5.74) is 0. The van der Waals surface area contributed by atoms with Crippen molar-refractivity contribution in [2.45, 2.75) is 38.8 Å². The third-order valence-corrected chi connectivity index (χ3v) is 1.63. The normalized spacial score (nSPS) is 22.6. The first-order valence-corrected chi connectivity index (χ1v) is 4.09. The molecule has 0 spiro atoms. The van der Waals surface area contributed by atoms with Crippen molar-refractivity contribution in [2.24, 2.45) is 0 Å². The molecule has 12 heavy (non-hydrogen) atoms. The molecule has 1 unspecified atom stereocenters. The molecule has 4 heteroatoms. The molecule has 0 radical (unpaired) electrons. The summed E-state index contributed by atoms with van der Waals surface area (Å²) < 4.78 is 4.93. The number of nitrogens with one attached hydrogen (secondary N) is 1. The lowest BCUT2D eigenvalue weighted by Crippen LogP contribution is -2.35. The Balaban J connectivity index is 2.38. The molecule has 1 atom stereocenters. The first-order chi connectivity index (χ1) is 5.59. The van der Waals surface area contributed by atoms with Crippen LogP contribution in [0, 0.1) is 0 Å². The Bertz CT molecular complexity index is 200. The van der Waals surface area contributed by atoms with Crippen LogP contribution < -0.4 is 5.32 Å². The Morgan fingerprint density at radius 1 is 1.67 bits per heavy atom. The highest BCUT2D eigenvalue weighted by molar-refractivity contribution is 5.88. The van der Waals surface area contributed by atoms with Gasteiger partial charge in [-0.3, -0.25) is 4.79 Å². The molecule has 1 aliphatic rings. The SMILES string of the molecule is CC(C)OC(=O)C1CCC(=O)N1. The number of ether oxygens (including phenoxy) is 1. The highest BCUT2D eigenvalue weighted by Gasteiger charge is 2.28. The number of amides is 1. The van der Waals surface area contributed by atoms with Crippen LogP contribution in [0.4, 0.5) is 0 Å². The van der Waals surface area contributed by atoms with Crippen LogP contribution in [-0.2, 0) is 14.3 Å². The molecule has 1 amide bonds. The molecule has 1 heterocycles. The average molecular weight is 171 g/mol. The number of rotatable bonds is 2. The van der Waals surface area contributed by atoms with Gasteiger partial charge in [-0.05, 0) is 20.3 Å². The highest BCUT2D eigenvalue weighted by atomic mass is 16.5. The van der Waals surface area contributed by atoms with E-state index in [1.807, 2.05) is 0 Å². The third-order valence-electron chi connectivity index (χ3n) is 1.63. The minimum Gasteiger partial charge on any atom is -0.461 e. The maximum atomic E-state index is 11.2. The third kappa shape index (κ3) is 2.22. The van der Waals surface area contributed by atoms with E-state index in [4.69, 9.17) is 4.74 Å². The van der Waals surface area contributed by atoms with Crippen LogP contribution in [0.5, 0.6) is 0 Å². The van der Waals surface area contributed by atoms with Gasteiger partial charge in [0.25, 0.3) is 0 Å². The van der Waals surface area contributed by atoms with E-state index in [0.29, 0.717) is 12.8 Å². The predicted octanol–water partition coefficient (Wildman–Crippen LogP) is 0.217. The van der Waals surface area contributed by atoms with E-state index in [2.05, 4.69) is 5.32 Å². The molecule has 0 aromatic carbocycles. The second-order valence-electron chi connectivity index (χ2n) is 3.14. The van der Waals surface area contributed by atoms with Gasteiger partial charge >= 0.3 is 5.97 Å². The molecule has 1 rings (SSSR count). The largest absolute Gasteiger partial charge is 0.461 e. The second-order valence-corrected chi connectivity index (χ2v) is 3.14. The number of hydrogen-bond acceptors (Lipinski definition) is 3. The molecule has 1 fully saturated rings. The predicted molar refractivity (Wildman–Crippen MR) is 42.4 cm³/mol. The van der Waals surface area contributed by atoms with Crippen LogP contribution in [0.25, 0.3) is 0 Å². The molecule has 4 nitrogen and oxygen atoms in total. The molecule has 68 valence electrons. The van der Waals surface area contributed by atoms with Gasteiger partial charge in [-0.15, -0.1) is 0 Å². The van der Waals surface area contributed by atoms with Crippen molar-refractivity contribution in [3.8, 4) is 0 Å². The van der Waals surface area contributed by atoms with Gasteiger partial charge in [0.2, 0.25) is 5.91 Å². The van der Waals surface area contributed by atoms with Gasteiger partial charge in [-0.1, -0.05) is 0 Å². The van der Waals surface area contributed by atoms with Crippen molar-refractivity contribution in [1.29, 1.82) is 0 Å². The molecular weight excluding hydrogens is 158 g/mol. The molecule has 0 bridgehead atoms. The van der Waals surface area contributed by atoms with Gasteiger partial charge in [0, 0.05) is 6.42 Å². The topological polar surface area (TPSA) is 55.4 Å². The fourth-order valence-electron chi connectivity index (χ4n) is 1.11. The molecule has 0 aromatic heterocycles. The summed E-state index contributed by atoms with van der Waals surface area (Å²) in [5, 5.41) is 2.55. The maximum absolute atomic E-state index is 11.2. The van der Waals surface area contributed by atoms with E-state index in [1.165, 1.54) is 0 Å². The molecule has 1 saturated heterocycles. The zero-order valence-electron chi connectivity index (χ0n) is 7.29. The smallest absolute Gasteiger partial charge is 0.328 e. The van der Waals surface area contributed by atoms with Crippen molar-refractivity contribution in [1.82, 2.24) is 5.32 Å². The lowest BCUT2D eigenvalue weighted by molar-refractivity contribution is -0.150. The first-order valence-electron chi connectivity index (χ1n) is 4.09. The van der Waals surface area contributed by atoms with E-state index in [-0.39, 0.29) is 18.0 Å². The number of esters is 1. The zero-order valence-corrected chi connectivity index (χ0v) is 7.29. The standard InChI is InChI=1S/C8H13NO3/c1-5(2)12-8(11)6-3-4-7(10)9-6/h5-6H,3-4H2,1-2H3,(H,9,10). The number of carbonyl (C=O) groups excluding carboxylic acids is 2. The van der Waals surface area contributed by atoms with Gasteiger partial charge in [0.05, 0.1) is 6.10 Å². The fraction of sp³-hybridized carbons (Fsp3) is 0.750. The Morgan fingerprint density at radius 3 is 2.75 bits per heavy atom.